The average Bonchev–Trinajstić information content (AvgIpc) is 3.36. The van der Waals surface area contributed by atoms with Crippen LogP contribution < -0.4 is 5.32 Å². The van der Waals surface area contributed by atoms with Gasteiger partial charge in [-0.1, -0.05) is 79.7 Å². The summed E-state index contributed by atoms with van der Waals surface area (Å²) in [5.74, 6) is 0.366. The SMILES string of the molecule is CCOC(=O)CCCc1cc(C(=O)c2cccc(NCC(CCc3ccccc3)CCc3ccccc3)c2)c(CC)n1C. The summed E-state index contributed by atoms with van der Waals surface area (Å²) in [5, 5.41) is 3.66. The van der Waals surface area contributed by atoms with E-state index in [9.17, 15) is 9.59 Å². The Kier molecular flexibility index (Phi) is 12.2. The maximum absolute atomic E-state index is 13.8. The van der Waals surface area contributed by atoms with Crippen molar-refractivity contribution in [2.24, 2.45) is 13.0 Å². The van der Waals surface area contributed by atoms with Crippen molar-refractivity contribution in [2.75, 3.05) is 18.5 Å². The van der Waals surface area contributed by atoms with Crippen LogP contribution in [0.5, 0.6) is 0 Å². The molecule has 43 heavy (non-hydrogen) atoms. The van der Waals surface area contributed by atoms with Gasteiger partial charge in [-0.3, -0.25) is 9.59 Å². The second kappa shape index (κ2) is 16.5. The van der Waals surface area contributed by atoms with Crippen LogP contribution in [-0.4, -0.2) is 29.5 Å². The summed E-state index contributed by atoms with van der Waals surface area (Å²) in [5.41, 5.74) is 7.24. The van der Waals surface area contributed by atoms with Crippen LogP contribution in [0.4, 0.5) is 5.69 Å². The molecule has 5 heteroatoms. The number of hydrogen-bond acceptors (Lipinski definition) is 4. The standard InChI is InChI=1S/C38H46N2O3/c1-4-36-35(27-34(40(36)3)20-13-21-37(41)43-5-2)38(42)32-18-12-19-33(26-32)39-28-31(24-22-29-14-8-6-9-15-29)25-23-30-16-10-7-11-17-30/h6-12,14-19,26-27,31,39H,4-5,13,20-25,28H2,1-3H3. The lowest BCUT2D eigenvalue weighted by molar-refractivity contribution is -0.143. The van der Waals surface area contributed by atoms with Crippen molar-refractivity contribution in [1.29, 1.82) is 0 Å². The van der Waals surface area contributed by atoms with E-state index < -0.39 is 0 Å². The zero-order valence-electron chi connectivity index (χ0n) is 26.0. The summed E-state index contributed by atoms with van der Waals surface area (Å²) in [7, 11) is 2.01. The molecule has 0 bridgehead atoms. The Hall–Kier alpha value is -4.12. The van der Waals surface area contributed by atoms with Crippen LogP contribution in [0, 0.1) is 5.92 Å². The quantitative estimate of drug-likeness (QED) is 0.102. The molecule has 0 amide bonds. The van der Waals surface area contributed by atoms with Gasteiger partial charge in [0.15, 0.2) is 5.78 Å². The molecular formula is C38H46N2O3. The van der Waals surface area contributed by atoms with Crippen molar-refractivity contribution in [3.8, 4) is 0 Å². The molecule has 1 aromatic heterocycles. The number of ether oxygens (including phenoxy) is 1. The molecule has 0 aliphatic heterocycles. The van der Waals surface area contributed by atoms with Crippen LogP contribution in [0.25, 0.3) is 0 Å². The lowest BCUT2D eigenvalue weighted by atomic mass is 9.93. The molecule has 0 fully saturated rings. The molecule has 3 aromatic carbocycles. The monoisotopic (exact) mass is 578 g/mol. The van der Waals surface area contributed by atoms with Crippen molar-refractivity contribution in [2.45, 2.75) is 65.2 Å². The van der Waals surface area contributed by atoms with E-state index in [1.807, 2.05) is 38.2 Å². The number of aryl methyl sites for hydroxylation is 3. The Labute approximate surface area is 257 Å². The van der Waals surface area contributed by atoms with Crippen LogP contribution in [0.1, 0.15) is 78.0 Å². The molecule has 0 radical (unpaired) electrons. The van der Waals surface area contributed by atoms with E-state index in [4.69, 9.17) is 4.74 Å². The molecule has 0 saturated heterocycles. The van der Waals surface area contributed by atoms with Crippen molar-refractivity contribution < 1.29 is 14.3 Å². The van der Waals surface area contributed by atoms with Crippen molar-refractivity contribution in [3.05, 3.63) is 125 Å². The number of hydrogen-bond donors (Lipinski definition) is 1. The van der Waals surface area contributed by atoms with E-state index in [1.165, 1.54) is 11.1 Å². The van der Waals surface area contributed by atoms with Gasteiger partial charge in [-0.25, -0.2) is 0 Å². The van der Waals surface area contributed by atoms with Crippen molar-refractivity contribution in [1.82, 2.24) is 4.57 Å². The lowest BCUT2D eigenvalue weighted by Gasteiger charge is -2.19. The highest BCUT2D eigenvalue weighted by Crippen LogP contribution is 2.24. The van der Waals surface area contributed by atoms with Gasteiger partial charge >= 0.3 is 5.97 Å². The van der Waals surface area contributed by atoms with Gasteiger partial charge in [-0.2, -0.15) is 0 Å². The molecule has 1 heterocycles. The lowest BCUT2D eigenvalue weighted by Crippen LogP contribution is -2.16. The van der Waals surface area contributed by atoms with E-state index >= 15 is 0 Å². The molecule has 4 rings (SSSR count). The highest BCUT2D eigenvalue weighted by molar-refractivity contribution is 6.10. The fourth-order valence-corrected chi connectivity index (χ4v) is 5.78. The smallest absolute Gasteiger partial charge is 0.305 e. The van der Waals surface area contributed by atoms with Gasteiger partial charge in [-0.05, 0) is 87.1 Å². The largest absolute Gasteiger partial charge is 0.466 e. The minimum atomic E-state index is -0.171. The number of rotatable bonds is 17. The first kappa shape index (κ1) is 31.8. The second-order valence-electron chi connectivity index (χ2n) is 11.3. The average molecular weight is 579 g/mol. The van der Waals surface area contributed by atoms with Gasteiger partial charge in [0.2, 0.25) is 0 Å². The minimum Gasteiger partial charge on any atom is -0.466 e. The second-order valence-corrected chi connectivity index (χ2v) is 11.3. The maximum Gasteiger partial charge on any atom is 0.305 e. The highest BCUT2D eigenvalue weighted by atomic mass is 16.5. The summed E-state index contributed by atoms with van der Waals surface area (Å²) < 4.78 is 7.18. The summed E-state index contributed by atoms with van der Waals surface area (Å²) in [6.45, 7) is 5.16. The molecule has 0 aliphatic carbocycles. The molecule has 0 spiro atoms. The van der Waals surface area contributed by atoms with Crippen LogP contribution in [0.2, 0.25) is 0 Å². The Balaban J connectivity index is 1.42. The fourth-order valence-electron chi connectivity index (χ4n) is 5.78. The third-order valence-electron chi connectivity index (χ3n) is 8.24. The first-order valence-corrected chi connectivity index (χ1v) is 15.8. The minimum absolute atomic E-state index is 0.0393. The molecular weight excluding hydrogens is 532 g/mol. The van der Waals surface area contributed by atoms with Gasteiger partial charge in [0.05, 0.1) is 6.61 Å². The number of nitrogens with zero attached hydrogens (tertiary/aromatic N) is 1. The molecule has 226 valence electrons. The normalized spacial score (nSPS) is 11.1. The molecule has 5 nitrogen and oxygen atoms in total. The van der Waals surface area contributed by atoms with Crippen LogP contribution in [-0.2, 0) is 42.3 Å². The Morgan fingerprint density at radius 1 is 0.814 bits per heavy atom. The van der Waals surface area contributed by atoms with Gasteiger partial charge in [-0.15, -0.1) is 0 Å². The number of nitrogens with one attached hydrogen (secondary N) is 1. The van der Waals surface area contributed by atoms with E-state index in [0.717, 1.165) is 67.7 Å². The molecule has 0 atom stereocenters. The van der Waals surface area contributed by atoms with E-state index in [-0.39, 0.29) is 11.8 Å². The number of carbonyl (C=O) groups excluding carboxylic acids is 2. The van der Waals surface area contributed by atoms with Gasteiger partial charge in [0.25, 0.3) is 0 Å². The summed E-state index contributed by atoms with van der Waals surface area (Å²) in [6, 6.07) is 31.3. The third kappa shape index (κ3) is 9.44. The number of ketones is 1. The van der Waals surface area contributed by atoms with E-state index in [1.54, 1.807) is 0 Å². The topological polar surface area (TPSA) is 60.3 Å². The van der Waals surface area contributed by atoms with Crippen LogP contribution >= 0.6 is 0 Å². The number of esters is 1. The molecule has 0 unspecified atom stereocenters. The zero-order valence-corrected chi connectivity index (χ0v) is 26.0. The predicted octanol–water partition coefficient (Wildman–Crippen LogP) is 8.00. The first-order valence-electron chi connectivity index (χ1n) is 15.8. The van der Waals surface area contributed by atoms with Gasteiger partial charge in [0, 0.05) is 48.2 Å². The summed E-state index contributed by atoms with van der Waals surface area (Å²) in [4.78, 5) is 25.5. The number of aromatic nitrogens is 1. The van der Waals surface area contributed by atoms with Gasteiger partial charge in [0.1, 0.15) is 0 Å². The van der Waals surface area contributed by atoms with Crippen LogP contribution in [0.15, 0.2) is 91.0 Å². The van der Waals surface area contributed by atoms with Crippen molar-refractivity contribution >= 4 is 17.4 Å². The molecule has 4 aromatic rings. The third-order valence-corrected chi connectivity index (χ3v) is 8.24. The molecule has 1 N–H and O–H groups in total. The van der Waals surface area contributed by atoms with Crippen molar-refractivity contribution in [3.63, 3.8) is 0 Å². The fraction of sp³-hybridized carbons (Fsp3) is 0.368. The van der Waals surface area contributed by atoms with Crippen LogP contribution in [0.3, 0.4) is 0 Å². The molecule has 0 aliphatic rings. The highest BCUT2D eigenvalue weighted by Gasteiger charge is 2.20. The maximum atomic E-state index is 13.8. The number of carbonyl (C=O) groups is 2. The first-order chi connectivity index (χ1) is 21.0. The zero-order chi connectivity index (χ0) is 30.4. The number of benzene rings is 3. The Morgan fingerprint density at radius 2 is 1.47 bits per heavy atom. The summed E-state index contributed by atoms with van der Waals surface area (Å²) >= 11 is 0. The van der Waals surface area contributed by atoms with E-state index in [2.05, 4.69) is 83.5 Å². The van der Waals surface area contributed by atoms with E-state index in [0.29, 0.717) is 30.9 Å². The number of anilines is 1. The van der Waals surface area contributed by atoms with Gasteiger partial charge < -0.3 is 14.6 Å². The Bertz CT molecular complexity index is 1400. The predicted molar refractivity (Wildman–Crippen MR) is 176 cm³/mol. The summed E-state index contributed by atoms with van der Waals surface area (Å²) in [6.07, 6.45) is 6.88. The molecule has 0 saturated carbocycles. The Morgan fingerprint density at radius 3 is 2.07 bits per heavy atom.